The van der Waals surface area contributed by atoms with Crippen molar-refractivity contribution < 1.29 is 4.84 Å². The van der Waals surface area contributed by atoms with E-state index in [1.807, 2.05) is 6.08 Å². The molecule has 0 radical (unpaired) electrons. The van der Waals surface area contributed by atoms with Gasteiger partial charge in [-0.15, -0.1) is 0 Å². The van der Waals surface area contributed by atoms with Crippen LogP contribution in [0.3, 0.4) is 0 Å². The van der Waals surface area contributed by atoms with Gasteiger partial charge in [0.15, 0.2) is 0 Å². The highest BCUT2D eigenvalue weighted by atomic mass is 16.6. The molecule has 0 saturated carbocycles. The molecular formula is C12H17NO. The lowest BCUT2D eigenvalue weighted by molar-refractivity contribution is 0.0814. The van der Waals surface area contributed by atoms with Crippen LogP contribution >= 0.6 is 0 Å². The van der Waals surface area contributed by atoms with Crippen LogP contribution in [0.15, 0.2) is 24.3 Å². The summed E-state index contributed by atoms with van der Waals surface area (Å²) in [6.07, 6.45) is 4.08. The molecule has 0 heterocycles. The molecular weight excluding hydrogens is 174 g/mol. The third-order valence-electron chi connectivity index (χ3n) is 2.06. The van der Waals surface area contributed by atoms with Crippen LogP contribution in [-0.4, -0.2) is 13.7 Å². The van der Waals surface area contributed by atoms with Crippen molar-refractivity contribution >= 4 is 6.08 Å². The van der Waals surface area contributed by atoms with Gasteiger partial charge in [0.05, 0.1) is 6.61 Å². The Morgan fingerprint density at radius 2 is 2.14 bits per heavy atom. The van der Waals surface area contributed by atoms with Gasteiger partial charge in [-0.25, -0.2) is 5.48 Å². The SMILES string of the molecule is CNOC/C=C/c1cc(C)ccc1C. The predicted octanol–water partition coefficient (Wildman–Crippen LogP) is 2.47. The summed E-state index contributed by atoms with van der Waals surface area (Å²) in [5.41, 5.74) is 6.45. The smallest absolute Gasteiger partial charge is 0.0866 e. The first kappa shape index (κ1) is 11.0. The van der Waals surface area contributed by atoms with Gasteiger partial charge in [0, 0.05) is 7.05 Å². The Hall–Kier alpha value is -1.12. The second-order valence-electron chi connectivity index (χ2n) is 3.28. The molecule has 0 aliphatic heterocycles. The predicted molar refractivity (Wildman–Crippen MR) is 60.0 cm³/mol. The van der Waals surface area contributed by atoms with Gasteiger partial charge in [-0.3, -0.25) is 4.84 Å². The number of hydroxylamine groups is 1. The fraction of sp³-hybridized carbons (Fsp3) is 0.333. The molecule has 76 valence electrons. The maximum Gasteiger partial charge on any atom is 0.0866 e. The van der Waals surface area contributed by atoms with E-state index in [0.29, 0.717) is 6.61 Å². The Bertz CT molecular complexity index is 318. The van der Waals surface area contributed by atoms with Gasteiger partial charge < -0.3 is 0 Å². The van der Waals surface area contributed by atoms with Gasteiger partial charge in [0.2, 0.25) is 0 Å². The highest BCUT2D eigenvalue weighted by Crippen LogP contribution is 2.11. The number of hydrogen-bond donors (Lipinski definition) is 1. The Morgan fingerprint density at radius 1 is 1.36 bits per heavy atom. The van der Waals surface area contributed by atoms with Crippen LogP contribution in [0.5, 0.6) is 0 Å². The Balaban J connectivity index is 2.65. The van der Waals surface area contributed by atoms with Crippen molar-refractivity contribution in [2.45, 2.75) is 13.8 Å². The first-order chi connectivity index (χ1) is 6.74. The molecule has 1 aromatic rings. The van der Waals surface area contributed by atoms with Gasteiger partial charge in [-0.1, -0.05) is 35.9 Å². The fourth-order valence-corrected chi connectivity index (χ4v) is 1.25. The highest BCUT2D eigenvalue weighted by Gasteiger charge is 1.93. The highest BCUT2D eigenvalue weighted by molar-refractivity contribution is 5.54. The molecule has 0 aromatic heterocycles. The van der Waals surface area contributed by atoms with Crippen molar-refractivity contribution in [3.8, 4) is 0 Å². The first-order valence-corrected chi connectivity index (χ1v) is 4.76. The number of nitrogens with one attached hydrogen (secondary N) is 1. The van der Waals surface area contributed by atoms with Crippen molar-refractivity contribution in [2.75, 3.05) is 13.7 Å². The van der Waals surface area contributed by atoms with Crippen LogP contribution in [0.1, 0.15) is 16.7 Å². The molecule has 0 amide bonds. The normalized spacial score (nSPS) is 11.1. The summed E-state index contributed by atoms with van der Waals surface area (Å²) in [5.74, 6) is 0. The lowest BCUT2D eigenvalue weighted by atomic mass is 10.1. The zero-order chi connectivity index (χ0) is 10.4. The average molecular weight is 191 g/mol. The van der Waals surface area contributed by atoms with E-state index >= 15 is 0 Å². The molecule has 0 aliphatic rings. The topological polar surface area (TPSA) is 21.3 Å². The number of hydrogen-bond acceptors (Lipinski definition) is 2. The minimum absolute atomic E-state index is 0.587. The van der Waals surface area contributed by atoms with Gasteiger partial charge in [-0.2, -0.15) is 0 Å². The third-order valence-corrected chi connectivity index (χ3v) is 2.06. The molecule has 1 aromatic carbocycles. The van der Waals surface area contributed by atoms with Gasteiger partial charge in [0.25, 0.3) is 0 Å². The van der Waals surface area contributed by atoms with E-state index in [0.717, 1.165) is 0 Å². The van der Waals surface area contributed by atoms with Crippen LogP contribution in [0.4, 0.5) is 0 Å². The summed E-state index contributed by atoms with van der Waals surface area (Å²) in [4.78, 5) is 4.99. The number of aryl methyl sites for hydroxylation is 2. The van der Waals surface area contributed by atoms with Gasteiger partial charge in [-0.05, 0) is 25.0 Å². The van der Waals surface area contributed by atoms with Crippen LogP contribution in [0.2, 0.25) is 0 Å². The molecule has 0 spiro atoms. The van der Waals surface area contributed by atoms with E-state index in [-0.39, 0.29) is 0 Å². The lowest BCUT2D eigenvalue weighted by Gasteiger charge is -2.01. The first-order valence-electron chi connectivity index (χ1n) is 4.76. The van der Waals surface area contributed by atoms with Crippen LogP contribution in [-0.2, 0) is 4.84 Å². The Labute approximate surface area is 85.5 Å². The largest absolute Gasteiger partial charge is 0.298 e. The molecule has 0 saturated heterocycles. The zero-order valence-corrected chi connectivity index (χ0v) is 9.00. The van der Waals surface area contributed by atoms with E-state index < -0.39 is 0 Å². The molecule has 0 unspecified atom stereocenters. The Morgan fingerprint density at radius 3 is 2.86 bits per heavy atom. The molecule has 0 atom stereocenters. The van der Waals surface area contributed by atoms with Gasteiger partial charge in [0.1, 0.15) is 0 Å². The minimum atomic E-state index is 0.587. The molecule has 0 bridgehead atoms. The molecule has 1 N–H and O–H groups in total. The van der Waals surface area contributed by atoms with E-state index in [4.69, 9.17) is 4.84 Å². The second-order valence-corrected chi connectivity index (χ2v) is 3.28. The van der Waals surface area contributed by atoms with Crippen LogP contribution < -0.4 is 5.48 Å². The van der Waals surface area contributed by atoms with E-state index in [9.17, 15) is 0 Å². The van der Waals surface area contributed by atoms with Crippen molar-refractivity contribution in [3.63, 3.8) is 0 Å². The molecule has 0 aliphatic carbocycles. The second kappa shape index (κ2) is 5.58. The zero-order valence-electron chi connectivity index (χ0n) is 9.00. The molecule has 14 heavy (non-hydrogen) atoms. The average Bonchev–Trinajstić information content (AvgIpc) is 2.18. The Kier molecular flexibility index (Phi) is 4.36. The lowest BCUT2D eigenvalue weighted by Crippen LogP contribution is -2.06. The van der Waals surface area contributed by atoms with Crippen LogP contribution in [0.25, 0.3) is 6.08 Å². The molecule has 1 rings (SSSR count). The number of benzene rings is 1. The van der Waals surface area contributed by atoms with Crippen molar-refractivity contribution in [1.82, 2.24) is 5.48 Å². The van der Waals surface area contributed by atoms with E-state index in [2.05, 4.69) is 43.6 Å². The maximum atomic E-state index is 4.99. The van der Waals surface area contributed by atoms with Crippen molar-refractivity contribution in [2.24, 2.45) is 0 Å². The number of rotatable bonds is 4. The minimum Gasteiger partial charge on any atom is -0.298 e. The maximum absolute atomic E-state index is 4.99. The third kappa shape index (κ3) is 3.32. The van der Waals surface area contributed by atoms with Crippen molar-refractivity contribution in [3.05, 3.63) is 41.0 Å². The summed E-state index contributed by atoms with van der Waals surface area (Å²) in [6.45, 7) is 4.79. The summed E-state index contributed by atoms with van der Waals surface area (Å²) in [5, 5.41) is 0. The summed E-state index contributed by atoms with van der Waals surface area (Å²) in [7, 11) is 1.76. The van der Waals surface area contributed by atoms with E-state index in [1.54, 1.807) is 7.05 Å². The van der Waals surface area contributed by atoms with Gasteiger partial charge >= 0.3 is 0 Å². The molecule has 2 heteroatoms. The van der Waals surface area contributed by atoms with E-state index in [1.165, 1.54) is 16.7 Å². The molecule has 0 fully saturated rings. The van der Waals surface area contributed by atoms with Crippen molar-refractivity contribution in [1.29, 1.82) is 0 Å². The standard InChI is InChI=1S/C12H17NO/c1-10-6-7-11(2)12(9-10)5-4-8-14-13-3/h4-7,9,13H,8H2,1-3H3/b5-4+. The summed E-state index contributed by atoms with van der Waals surface area (Å²) >= 11 is 0. The van der Waals surface area contributed by atoms with Crippen LogP contribution in [0, 0.1) is 13.8 Å². The summed E-state index contributed by atoms with van der Waals surface area (Å²) in [6, 6.07) is 6.43. The quantitative estimate of drug-likeness (QED) is 0.583. The monoisotopic (exact) mass is 191 g/mol. The fourth-order valence-electron chi connectivity index (χ4n) is 1.25. The molecule has 2 nitrogen and oxygen atoms in total. The summed E-state index contributed by atoms with van der Waals surface area (Å²) < 4.78 is 0.